The van der Waals surface area contributed by atoms with Gasteiger partial charge in [-0.25, -0.2) is 0 Å². The smallest absolute Gasteiger partial charge is 0.193 e. The van der Waals surface area contributed by atoms with Crippen LogP contribution in [-0.2, 0) is 0 Å². The molecule has 0 bridgehead atoms. The predicted molar refractivity (Wildman–Crippen MR) is 91.7 cm³/mol. The van der Waals surface area contributed by atoms with E-state index < -0.39 is 0 Å². The molecule has 106 valence electrons. The third-order valence-corrected chi connectivity index (χ3v) is 3.48. The molecule has 0 radical (unpaired) electrons. The standard InChI is InChI=1S/C21H16O/c22-21(19-9-5-2-6-10-19)20-15-13-18(14-16-20)12-11-17-7-3-1-4-8-17/h1-16H. The number of rotatable bonds is 4. The van der Waals surface area contributed by atoms with E-state index in [2.05, 4.69) is 18.2 Å². The maximum atomic E-state index is 12.3. The number of carbonyl (C=O) groups is 1. The Labute approximate surface area is 130 Å². The van der Waals surface area contributed by atoms with Crippen LogP contribution >= 0.6 is 0 Å². The van der Waals surface area contributed by atoms with Gasteiger partial charge in [0.15, 0.2) is 5.78 Å². The zero-order valence-electron chi connectivity index (χ0n) is 12.1. The minimum Gasteiger partial charge on any atom is -0.289 e. The maximum absolute atomic E-state index is 12.3. The van der Waals surface area contributed by atoms with Crippen molar-refractivity contribution >= 4 is 17.9 Å². The minimum absolute atomic E-state index is 0.0548. The number of hydrogen-bond donors (Lipinski definition) is 0. The zero-order chi connectivity index (χ0) is 15.2. The van der Waals surface area contributed by atoms with Crippen LogP contribution in [0.5, 0.6) is 0 Å². The molecule has 1 heteroatoms. The first-order valence-electron chi connectivity index (χ1n) is 7.26. The number of carbonyl (C=O) groups excluding carboxylic acids is 1. The van der Waals surface area contributed by atoms with Gasteiger partial charge < -0.3 is 0 Å². The second kappa shape index (κ2) is 6.68. The van der Waals surface area contributed by atoms with E-state index in [9.17, 15) is 4.79 Å². The van der Waals surface area contributed by atoms with Crippen molar-refractivity contribution in [1.29, 1.82) is 0 Å². The zero-order valence-corrected chi connectivity index (χ0v) is 12.1. The van der Waals surface area contributed by atoms with E-state index in [1.807, 2.05) is 78.9 Å². The molecule has 0 unspecified atom stereocenters. The van der Waals surface area contributed by atoms with Crippen LogP contribution in [0.4, 0.5) is 0 Å². The molecule has 0 amide bonds. The van der Waals surface area contributed by atoms with Crippen LogP contribution in [-0.4, -0.2) is 5.78 Å². The Kier molecular flexibility index (Phi) is 4.26. The lowest BCUT2D eigenvalue weighted by Crippen LogP contribution is -2.00. The molecule has 0 aliphatic rings. The normalized spacial score (nSPS) is 10.7. The summed E-state index contributed by atoms with van der Waals surface area (Å²) >= 11 is 0. The molecule has 0 aromatic heterocycles. The summed E-state index contributed by atoms with van der Waals surface area (Å²) in [5, 5.41) is 0. The predicted octanol–water partition coefficient (Wildman–Crippen LogP) is 5.09. The van der Waals surface area contributed by atoms with Gasteiger partial charge in [-0.2, -0.15) is 0 Å². The summed E-state index contributed by atoms with van der Waals surface area (Å²) in [6.07, 6.45) is 4.11. The average Bonchev–Trinajstić information content (AvgIpc) is 2.61. The molecule has 3 aromatic carbocycles. The van der Waals surface area contributed by atoms with Crippen molar-refractivity contribution in [2.24, 2.45) is 0 Å². The van der Waals surface area contributed by atoms with Crippen molar-refractivity contribution in [2.75, 3.05) is 0 Å². The lowest BCUT2D eigenvalue weighted by molar-refractivity contribution is 0.103. The van der Waals surface area contributed by atoms with Crippen LogP contribution < -0.4 is 0 Å². The monoisotopic (exact) mass is 284 g/mol. The van der Waals surface area contributed by atoms with Gasteiger partial charge in [0.2, 0.25) is 0 Å². The third kappa shape index (κ3) is 3.39. The summed E-state index contributed by atoms with van der Waals surface area (Å²) in [4.78, 5) is 12.3. The van der Waals surface area contributed by atoms with E-state index in [1.165, 1.54) is 0 Å². The van der Waals surface area contributed by atoms with Crippen molar-refractivity contribution in [2.45, 2.75) is 0 Å². The second-order valence-electron chi connectivity index (χ2n) is 5.06. The first-order chi connectivity index (χ1) is 10.8. The molecule has 0 fully saturated rings. The van der Waals surface area contributed by atoms with Gasteiger partial charge in [0.1, 0.15) is 0 Å². The van der Waals surface area contributed by atoms with Crippen molar-refractivity contribution in [3.05, 3.63) is 107 Å². The maximum Gasteiger partial charge on any atom is 0.193 e. The molecule has 3 aromatic rings. The quantitative estimate of drug-likeness (QED) is 0.482. The largest absolute Gasteiger partial charge is 0.289 e. The molecule has 0 spiro atoms. The van der Waals surface area contributed by atoms with Gasteiger partial charge in [0, 0.05) is 11.1 Å². The molecule has 22 heavy (non-hydrogen) atoms. The molecular weight excluding hydrogens is 268 g/mol. The number of benzene rings is 3. The average molecular weight is 284 g/mol. The topological polar surface area (TPSA) is 17.1 Å². The van der Waals surface area contributed by atoms with Crippen LogP contribution in [0.2, 0.25) is 0 Å². The van der Waals surface area contributed by atoms with Crippen LogP contribution in [0.1, 0.15) is 27.0 Å². The Morgan fingerprint density at radius 1 is 0.545 bits per heavy atom. The van der Waals surface area contributed by atoms with Crippen LogP contribution in [0.15, 0.2) is 84.9 Å². The van der Waals surface area contributed by atoms with Crippen molar-refractivity contribution in [3.8, 4) is 0 Å². The summed E-state index contributed by atoms with van der Waals surface area (Å²) in [5.74, 6) is 0.0548. The van der Waals surface area contributed by atoms with Crippen LogP contribution in [0.25, 0.3) is 12.2 Å². The fraction of sp³-hybridized carbons (Fsp3) is 0. The Hall–Kier alpha value is -2.93. The van der Waals surface area contributed by atoms with E-state index in [-0.39, 0.29) is 5.78 Å². The highest BCUT2D eigenvalue weighted by molar-refractivity contribution is 6.09. The summed E-state index contributed by atoms with van der Waals surface area (Å²) in [7, 11) is 0. The lowest BCUT2D eigenvalue weighted by atomic mass is 10.0. The van der Waals surface area contributed by atoms with Crippen LogP contribution in [0.3, 0.4) is 0 Å². The highest BCUT2D eigenvalue weighted by atomic mass is 16.1. The second-order valence-corrected chi connectivity index (χ2v) is 5.06. The highest BCUT2D eigenvalue weighted by Crippen LogP contribution is 2.13. The van der Waals surface area contributed by atoms with Gasteiger partial charge in [0.25, 0.3) is 0 Å². The Morgan fingerprint density at radius 3 is 1.59 bits per heavy atom. The molecule has 1 nitrogen and oxygen atoms in total. The van der Waals surface area contributed by atoms with Crippen LogP contribution in [0, 0.1) is 0 Å². The highest BCUT2D eigenvalue weighted by Gasteiger charge is 2.07. The summed E-state index contributed by atoms with van der Waals surface area (Å²) < 4.78 is 0. The van der Waals surface area contributed by atoms with Gasteiger partial charge in [-0.1, -0.05) is 97.1 Å². The first kappa shape index (κ1) is 14.0. The third-order valence-electron chi connectivity index (χ3n) is 3.48. The number of ketones is 1. The number of hydrogen-bond acceptors (Lipinski definition) is 1. The van der Waals surface area contributed by atoms with E-state index >= 15 is 0 Å². The summed E-state index contributed by atoms with van der Waals surface area (Å²) in [6, 6.07) is 27.2. The molecule has 3 rings (SSSR count). The van der Waals surface area contributed by atoms with E-state index in [0.29, 0.717) is 5.56 Å². The molecule has 0 heterocycles. The van der Waals surface area contributed by atoms with Gasteiger partial charge in [0.05, 0.1) is 0 Å². The van der Waals surface area contributed by atoms with Crippen molar-refractivity contribution < 1.29 is 4.79 Å². The van der Waals surface area contributed by atoms with E-state index in [1.54, 1.807) is 0 Å². The first-order valence-corrected chi connectivity index (χ1v) is 7.26. The molecule has 0 atom stereocenters. The minimum atomic E-state index is 0.0548. The fourth-order valence-corrected chi connectivity index (χ4v) is 2.26. The van der Waals surface area contributed by atoms with Gasteiger partial charge >= 0.3 is 0 Å². The van der Waals surface area contributed by atoms with Gasteiger partial charge in [-0.3, -0.25) is 4.79 Å². The van der Waals surface area contributed by atoms with Crippen molar-refractivity contribution in [1.82, 2.24) is 0 Å². The van der Waals surface area contributed by atoms with Gasteiger partial charge in [-0.15, -0.1) is 0 Å². The summed E-state index contributed by atoms with van der Waals surface area (Å²) in [6.45, 7) is 0. The molecule has 0 saturated heterocycles. The Bertz CT molecular complexity index is 769. The fourth-order valence-electron chi connectivity index (χ4n) is 2.26. The molecular formula is C21H16O. The summed E-state index contributed by atoms with van der Waals surface area (Å²) in [5.41, 5.74) is 3.67. The molecule has 0 N–H and O–H groups in total. The van der Waals surface area contributed by atoms with E-state index in [4.69, 9.17) is 0 Å². The molecule has 0 aliphatic heterocycles. The van der Waals surface area contributed by atoms with Gasteiger partial charge in [-0.05, 0) is 11.1 Å². The lowest BCUT2D eigenvalue weighted by Gasteiger charge is -2.01. The molecule has 0 saturated carbocycles. The Morgan fingerprint density at radius 2 is 1.00 bits per heavy atom. The molecule has 0 aliphatic carbocycles. The van der Waals surface area contributed by atoms with Crippen molar-refractivity contribution in [3.63, 3.8) is 0 Å². The SMILES string of the molecule is O=C(c1ccccc1)c1ccc(C=Cc2ccccc2)cc1. The van der Waals surface area contributed by atoms with E-state index in [0.717, 1.165) is 16.7 Å². The Balaban J connectivity index is 1.76.